The van der Waals surface area contributed by atoms with E-state index in [2.05, 4.69) is 20.9 Å². The highest BCUT2D eigenvalue weighted by atomic mass is 35.6. The van der Waals surface area contributed by atoms with Crippen molar-refractivity contribution in [2.45, 2.75) is 9.96 Å². The standard InChI is InChI=1S/C19H15Cl3N4OS2/c20-19(21,22)17(25-15(27)9-8-13-6-3-11-29-13)26-18(28)24-14-7-1-4-12-5-2-10-23-16(12)14/h1-11,17H,(H,25,27)(H2,24,26,28). The molecule has 1 amide bonds. The second kappa shape index (κ2) is 9.73. The van der Waals surface area contributed by atoms with Gasteiger partial charge in [-0.1, -0.05) is 59.1 Å². The minimum atomic E-state index is -1.84. The molecule has 10 heteroatoms. The zero-order valence-corrected chi connectivity index (χ0v) is 18.6. The van der Waals surface area contributed by atoms with Crippen molar-refractivity contribution in [1.82, 2.24) is 15.6 Å². The summed E-state index contributed by atoms with van der Waals surface area (Å²) in [7, 11) is 0. The smallest absolute Gasteiger partial charge is 0.245 e. The van der Waals surface area contributed by atoms with Crippen LogP contribution in [0.15, 0.2) is 60.1 Å². The number of aromatic nitrogens is 1. The number of nitrogens with one attached hydrogen (secondary N) is 3. The summed E-state index contributed by atoms with van der Waals surface area (Å²) in [6.07, 6.45) is 3.67. The first kappa shape index (κ1) is 21.8. The molecule has 0 aliphatic heterocycles. The minimum Gasteiger partial charge on any atom is -0.339 e. The van der Waals surface area contributed by atoms with Gasteiger partial charge in [0.15, 0.2) is 5.11 Å². The Balaban J connectivity index is 1.68. The number of halogens is 3. The predicted molar refractivity (Wildman–Crippen MR) is 127 cm³/mol. The fourth-order valence-electron chi connectivity index (χ4n) is 2.43. The first-order chi connectivity index (χ1) is 13.8. The van der Waals surface area contributed by atoms with Crippen LogP contribution in [0.4, 0.5) is 5.69 Å². The van der Waals surface area contributed by atoms with Crippen LogP contribution >= 0.6 is 58.4 Å². The number of benzene rings is 1. The number of amides is 1. The molecule has 2 heterocycles. The van der Waals surface area contributed by atoms with Crippen molar-refractivity contribution >= 4 is 92.0 Å². The van der Waals surface area contributed by atoms with Gasteiger partial charge in [-0.15, -0.1) is 11.3 Å². The third-order valence-electron chi connectivity index (χ3n) is 3.71. The molecule has 1 atom stereocenters. The molecule has 29 heavy (non-hydrogen) atoms. The molecule has 0 spiro atoms. The highest BCUT2D eigenvalue weighted by molar-refractivity contribution is 7.80. The maximum absolute atomic E-state index is 12.2. The lowest BCUT2D eigenvalue weighted by atomic mass is 10.2. The van der Waals surface area contributed by atoms with Crippen molar-refractivity contribution in [3.05, 3.63) is 65.0 Å². The summed E-state index contributed by atoms with van der Waals surface area (Å²) in [6, 6.07) is 13.2. The topological polar surface area (TPSA) is 66.1 Å². The van der Waals surface area contributed by atoms with Gasteiger partial charge < -0.3 is 16.0 Å². The van der Waals surface area contributed by atoms with Crippen LogP contribution in [0.25, 0.3) is 17.0 Å². The number of thiocarbonyl (C=S) groups is 1. The number of thiophene rings is 1. The fraction of sp³-hybridized carbons (Fsp3) is 0.105. The van der Waals surface area contributed by atoms with E-state index in [0.29, 0.717) is 5.69 Å². The van der Waals surface area contributed by atoms with Crippen LogP contribution in [0, 0.1) is 0 Å². The Hall–Kier alpha value is -1.90. The third-order valence-corrected chi connectivity index (χ3v) is 5.42. The SMILES string of the molecule is O=C(C=Cc1cccs1)NC(NC(=S)Nc1cccc2cccnc12)C(Cl)(Cl)Cl. The van der Waals surface area contributed by atoms with Gasteiger partial charge in [0.25, 0.3) is 0 Å². The van der Waals surface area contributed by atoms with Gasteiger partial charge >= 0.3 is 0 Å². The first-order valence-corrected chi connectivity index (χ1v) is 10.8. The van der Waals surface area contributed by atoms with E-state index in [0.717, 1.165) is 15.8 Å². The quantitative estimate of drug-likeness (QED) is 0.203. The Morgan fingerprint density at radius 3 is 2.66 bits per heavy atom. The summed E-state index contributed by atoms with van der Waals surface area (Å²) in [4.78, 5) is 17.5. The molecule has 2 aromatic heterocycles. The van der Waals surface area contributed by atoms with E-state index in [1.807, 2.05) is 47.8 Å². The number of para-hydroxylation sites is 1. The third kappa shape index (κ3) is 6.29. The molecule has 0 aliphatic carbocycles. The summed E-state index contributed by atoms with van der Waals surface area (Å²) < 4.78 is -1.84. The Labute approximate surface area is 192 Å². The van der Waals surface area contributed by atoms with Crippen molar-refractivity contribution in [2.75, 3.05) is 5.32 Å². The van der Waals surface area contributed by atoms with Gasteiger partial charge in [-0.3, -0.25) is 9.78 Å². The van der Waals surface area contributed by atoms with Crippen molar-refractivity contribution in [3.63, 3.8) is 0 Å². The van der Waals surface area contributed by atoms with Crippen LogP contribution in [0.1, 0.15) is 4.88 Å². The summed E-state index contributed by atoms with van der Waals surface area (Å²) in [5.41, 5.74) is 1.43. The second-order valence-corrected chi connectivity index (χ2v) is 9.57. The van der Waals surface area contributed by atoms with Crippen molar-refractivity contribution in [2.24, 2.45) is 0 Å². The number of hydrogen-bond acceptors (Lipinski definition) is 4. The highest BCUT2D eigenvalue weighted by Gasteiger charge is 2.34. The largest absolute Gasteiger partial charge is 0.339 e. The zero-order chi connectivity index (χ0) is 20.9. The lowest BCUT2D eigenvalue weighted by Gasteiger charge is -2.27. The van der Waals surface area contributed by atoms with Gasteiger partial charge in [-0.25, -0.2) is 0 Å². The molecule has 1 aromatic carbocycles. The molecule has 0 fully saturated rings. The van der Waals surface area contributed by atoms with Crippen LogP contribution in [0.3, 0.4) is 0 Å². The molecule has 150 valence electrons. The molecular formula is C19H15Cl3N4OS2. The fourth-order valence-corrected chi connectivity index (χ4v) is 3.60. The van der Waals surface area contributed by atoms with E-state index >= 15 is 0 Å². The Bertz CT molecular complexity index is 1030. The van der Waals surface area contributed by atoms with E-state index in [4.69, 9.17) is 47.0 Å². The first-order valence-electron chi connectivity index (χ1n) is 8.33. The maximum Gasteiger partial charge on any atom is 0.245 e. The molecule has 5 nitrogen and oxygen atoms in total. The highest BCUT2D eigenvalue weighted by Crippen LogP contribution is 2.29. The van der Waals surface area contributed by atoms with Crippen molar-refractivity contribution < 1.29 is 4.79 Å². The van der Waals surface area contributed by atoms with E-state index in [-0.39, 0.29) is 5.11 Å². The van der Waals surface area contributed by atoms with Gasteiger partial charge in [-0.2, -0.15) is 0 Å². The van der Waals surface area contributed by atoms with Crippen LogP contribution in [-0.2, 0) is 4.79 Å². The summed E-state index contributed by atoms with van der Waals surface area (Å²) in [5.74, 6) is -0.433. The molecule has 0 aliphatic rings. The van der Waals surface area contributed by atoms with E-state index in [1.165, 1.54) is 17.4 Å². The van der Waals surface area contributed by atoms with Crippen LogP contribution in [0.5, 0.6) is 0 Å². The maximum atomic E-state index is 12.2. The van der Waals surface area contributed by atoms with Crippen LogP contribution < -0.4 is 16.0 Å². The van der Waals surface area contributed by atoms with Crippen molar-refractivity contribution in [1.29, 1.82) is 0 Å². The number of alkyl halides is 3. The number of carbonyl (C=O) groups excluding carboxylic acids is 1. The molecule has 3 rings (SSSR count). The molecule has 0 bridgehead atoms. The zero-order valence-electron chi connectivity index (χ0n) is 14.7. The monoisotopic (exact) mass is 484 g/mol. The Morgan fingerprint density at radius 2 is 1.93 bits per heavy atom. The summed E-state index contributed by atoms with van der Waals surface area (Å²) in [5, 5.41) is 11.5. The number of hydrogen-bond donors (Lipinski definition) is 3. The number of fused-ring (bicyclic) bond motifs is 1. The van der Waals surface area contributed by atoms with Crippen LogP contribution in [-0.4, -0.2) is 26.0 Å². The van der Waals surface area contributed by atoms with Gasteiger partial charge in [0.2, 0.25) is 9.70 Å². The van der Waals surface area contributed by atoms with Gasteiger partial charge in [0.05, 0.1) is 11.2 Å². The average molecular weight is 486 g/mol. The van der Waals surface area contributed by atoms with Gasteiger partial charge in [-0.05, 0) is 41.9 Å². The van der Waals surface area contributed by atoms with E-state index in [1.54, 1.807) is 12.3 Å². The molecule has 0 saturated heterocycles. The van der Waals surface area contributed by atoms with Gasteiger partial charge in [0, 0.05) is 22.5 Å². The van der Waals surface area contributed by atoms with E-state index in [9.17, 15) is 4.79 Å². The summed E-state index contributed by atoms with van der Waals surface area (Å²) >= 11 is 24.9. The second-order valence-electron chi connectivity index (χ2n) is 5.81. The lowest BCUT2D eigenvalue weighted by molar-refractivity contribution is -0.117. The average Bonchev–Trinajstić information content (AvgIpc) is 3.19. The summed E-state index contributed by atoms with van der Waals surface area (Å²) in [6.45, 7) is 0. The lowest BCUT2D eigenvalue weighted by Crippen LogP contribution is -2.55. The number of carbonyl (C=O) groups is 1. The van der Waals surface area contributed by atoms with E-state index < -0.39 is 15.9 Å². The molecule has 3 aromatic rings. The Kier molecular flexibility index (Phi) is 7.32. The number of rotatable bonds is 5. The molecule has 0 saturated carbocycles. The molecule has 1 unspecified atom stereocenters. The van der Waals surface area contributed by atoms with Gasteiger partial charge in [0.1, 0.15) is 6.17 Å². The number of anilines is 1. The van der Waals surface area contributed by atoms with Crippen molar-refractivity contribution in [3.8, 4) is 0 Å². The predicted octanol–water partition coefficient (Wildman–Crippen LogP) is 5.11. The molecular weight excluding hydrogens is 471 g/mol. The minimum absolute atomic E-state index is 0.169. The number of pyridine rings is 1. The molecule has 3 N–H and O–H groups in total. The molecule has 0 radical (unpaired) electrons. The number of nitrogens with zero attached hydrogens (tertiary/aromatic N) is 1. The Morgan fingerprint density at radius 1 is 1.14 bits per heavy atom. The van der Waals surface area contributed by atoms with Crippen LogP contribution in [0.2, 0.25) is 0 Å². The normalized spacial score (nSPS) is 12.7.